The minimum atomic E-state index is -4.34. The molecule has 2 aliphatic rings. The van der Waals surface area contributed by atoms with Gasteiger partial charge in [0.2, 0.25) is 0 Å². The third kappa shape index (κ3) is 5.76. The molecule has 2 aromatic rings. The van der Waals surface area contributed by atoms with Crippen LogP contribution in [0.2, 0.25) is 0 Å². The van der Waals surface area contributed by atoms with Crippen molar-refractivity contribution in [3.05, 3.63) is 64.5 Å². The van der Waals surface area contributed by atoms with E-state index in [1.54, 1.807) is 6.20 Å². The molecular formula is C25H31F3N4O2. The lowest BCUT2D eigenvalue weighted by Crippen LogP contribution is -2.41. The number of amides is 1. The van der Waals surface area contributed by atoms with Crippen molar-refractivity contribution in [1.29, 1.82) is 0 Å². The van der Waals surface area contributed by atoms with Gasteiger partial charge in [0.1, 0.15) is 0 Å². The first kappa shape index (κ1) is 24.6. The molecule has 9 heteroatoms. The highest BCUT2D eigenvalue weighted by molar-refractivity contribution is 5.94. The number of benzene rings is 1. The van der Waals surface area contributed by atoms with Crippen LogP contribution in [0.3, 0.4) is 0 Å². The Hall–Kier alpha value is -2.49. The van der Waals surface area contributed by atoms with Crippen LogP contribution in [0.25, 0.3) is 0 Å². The van der Waals surface area contributed by atoms with Crippen LogP contribution in [0, 0.1) is 5.92 Å². The Morgan fingerprint density at radius 3 is 2.56 bits per heavy atom. The van der Waals surface area contributed by atoms with Gasteiger partial charge in [0.25, 0.3) is 5.91 Å². The van der Waals surface area contributed by atoms with Crippen molar-refractivity contribution >= 4 is 5.91 Å². The van der Waals surface area contributed by atoms with Crippen LogP contribution in [-0.4, -0.2) is 60.1 Å². The number of rotatable bonds is 7. The first-order chi connectivity index (χ1) is 16.2. The lowest BCUT2D eigenvalue weighted by atomic mass is 9.99. The molecule has 1 amide bonds. The Kier molecular flexibility index (Phi) is 7.54. The van der Waals surface area contributed by atoms with E-state index >= 15 is 0 Å². The molecule has 0 saturated carbocycles. The Morgan fingerprint density at radius 2 is 1.91 bits per heavy atom. The second-order valence-corrected chi connectivity index (χ2v) is 9.27. The average molecular weight is 477 g/mol. The molecule has 1 unspecified atom stereocenters. The molecule has 0 aliphatic carbocycles. The minimum absolute atomic E-state index is 0.0377. The standard InChI is InChI=1S/C25H31F3N4O2/c1-17(2)23-22-20(16-32(23)15-18-3-5-21(6-4-18)25(26,27)28)13-19(14-30-22)24(33)29-7-8-31-9-11-34-12-10-31/h3-6,13-14,17,23H,7-12,15-16H2,1-2H3,(H,29,33). The van der Waals surface area contributed by atoms with Gasteiger partial charge in [-0.15, -0.1) is 0 Å². The van der Waals surface area contributed by atoms with E-state index in [0.717, 1.165) is 61.8 Å². The van der Waals surface area contributed by atoms with Crippen LogP contribution in [0.1, 0.15) is 52.6 Å². The van der Waals surface area contributed by atoms with Crippen molar-refractivity contribution in [3.8, 4) is 0 Å². The second-order valence-electron chi connectivity index (χ2n) is 9.27. The molecule has 184 valence electrons. The summed E-state index contributed by atoms with van der Waals surface area (Å²) >= 11 is 0. The number of fused-ring (bicyclic) bond motifs is 1. The minimum Gasteiger partial charge on any atom is -0.379 e. The number of pyridine rings is 1. The van der Waals surface area contributed by atoms with Crippen molar-refractivity contribution in [2.45, 2.75) is 39.2 Å². The summed E-state index contributed by atoms with van der Waals surface area (Å²) in [4.78, 5) is 21.8. The maximum atomic E-state index is 12.9. The number of carbonyl (C=O) groups excluding carboxylic acids is 1. The summed E-state index contributed by atoms with van der Waals surface area (Å²) < 4.78 is 44.0. The van der Waals surface area contributed by atoms with Gasteiger partial charge in [-0.25, -0.2) is 0 Å². The van der Waals surface area contributed by atoms with Crippen molar-refractivity contribution in [2.24, 2.45) is 5.92 Å². The average Bonchev–Trinajstić information content (AvgIpc) is 3.16. The molecule has 1 atom stereocenters. The Bertz CT molecular complexity index is 989. The third-order valence-corrected chi connectivity index (χ3v) is 6.43. The van der Waals surface area contributed by atoms with E-state index in [4.69, 9.17) is 4.74 Å². The topological polar surface area (TPSA) is 57.7 Å². The number of nitrogens with one attached hydrogen (secondary N) is 1. The number of ether oxygens (including phenoxy) is 1. The Balaban J connectivity index is 1.41. The van der Waals surface area contributed by atoms with Gasteiger partial charge in [0, 0.05) is 45.5 Å². The molecule has 0 radical (unpaired) electrons. The number of hydrogen-bond acceptors (Lipinski definition) is 5. The highest BCUT2D eigenvalue weighted by Crippen LogP contribution is 2.39. The molecule has 1 aromatic heterocycles. The zero-order valence-corrected chi connectivity index (χ0v) is 19.6. The van der Waals surface area contributed by atoms with E-state index < -0.39 is 11.7 Å². The fourth-order valence-electron chi connectivity index (χ4n) is 4.71. The van der Waals surface area contributed by atoms with Gasteiger partial charge < -0.3 is 10.1 Å². The molecule has 1 N–H and O–H groups in total. The zero-order chi connectivity index (χ0) is 24.3. The van der Waals surface area contributed by atoms with Gasteiger partial charge >= 0.3 is 6.18 Å². The summed E-state index contributed by atoms with van der Waals surface area (Å²) in [6.07, 6.45) is -2.72. The summed E-state index contributed by atoms with van der Waals surface area (Å²) in [6, 6.07) is 7.25. The SMILES string of the molecule is CC(C)C1c2ncc(C(=O)NCCN3CCOCC3)cc2CN1Cc1ccc(C(F)(F)F)cc1. The normalized spacial score (nSPS) is 19.4. The van der Waals surface area contributed by atoms with Crippen molar-refractivity contribution in [2.75, 3.05) is 39.4 Å². The van der Waals surface area contributed by atoms with Crippen LogP contribution in [0.15, 0.2) is 36.5 Å². The van der Waals surface area contributed by atoms with Crippen molar-refractivity contribution in [3.63, 3.8) is 0 Å². The predicted octanol–water partition coefficient (Wildman–Crippen LogP) is 3.88. The quantitative estimate of drug-likeness (QED) is 0.658. The third-order valence-electron chi connectivity index (χ3n) is 6.43. The van der Waals surface area contributed by atoms with Crippen molar-refractivity contribution in [1.82, 2.24) is 20.1 Å². The van der Waals surface area contributed by atoms with Gasteiger partial charge in [-0.3, -0.25) is 19.6 Å². The number of carbonyl (C=O) groups is 1. The maximum Gasteiger partial charge on any atom is 0.416 e. The molecule has 2 aliphatic heterocycles. The lowest BCUT2D eigenvalue weighted by Gasteiger charge is -2.27. The fourth-order valence-corrected chi connectivity index (χ4v) is 4.71. The molecule has 3 heterocycles. The summed E-state index contributed by atoms with van der Waals surface area (Å²) in [7, 11) is 0. The first-order valence-corrected chi connectivity index (χ1v) is 11.7. The van der Waals surface area contributed by atoms with Crippen LogP contribution in [0.5, 0.6) is 0 Å². The number of alkyl halides is 3. The lowest BCUT2D eigenvalue weighted by molar-refractivity contribution is -0.137. The molecule has 1 aromatic carbocycles. The molecule has 1 saturated heterocycles. The molecule has 0 spiro atoms. The van der Waals surface area contributed by atoms with E-state index in [1.807, 2.05) is 6.07 Å². The Morgan fingerprint density at radius 1 is 1.21 bits per heavy atom. The summed E-state index contributed by atoms with van der Waals surface area (Å²) in [5.41, 5.74) is 2.62. The number of hydrogen-bond donors (Lipinski definition) is 1. The summed E-state index contributed by atoms with van der Waals surface area (Å²) in [5, 5.41) is 2.97. The highest BCUT2D eigenvalue weighted by atomic mass is 19.4. The number of aromatic nitrogens is 1. The smallest absolute Gasteiger partial charge is 0.379 e. The van der Waals surface area contributed by atoms with Gasteiger partial charge in [-0.05, 0) is 35.2 Å². The predicted molar refractivity (Wildman–Crippen MR) is 122 cm³/mol. The fraction of sp³-hybridized carbons (Fsp3) is 0.520. The highest BCUT2D eigenvalue weighted by Gasteiger charge is 2.35. The van der Waals surface area contributed by atoms with Crippen LogP contribution in [-0.2, 0) is 24.0 Å². The van der Waals surface area contributed by atoms with E-state index in [9.17, 15) is 18.0 Å². The van der Waals surface area contributed by atoms with Gasteiger partial charge in [-0.2, -0.15) is 13.2 Å². The van der Waals surface area contributed by atoms with Gasteiger partial charge in [0.05, 0.1) is 36.1 Å². The van der Waals surface area contributed by atoms with Gasteiger partial charge in [0.15, 0.2) is 0 Å². The van der Waals surface area contributed by atoms with Gasteiger partial charge in [-0.1, -0.05) is 26.0 Å². The molecule has 6 nitrogen and oxygen atoms in total. The van der Waals surface area contributed by atoms with E-state index in [2.05, 4.69) is 33.9 Å². The largest absolute Gasteiger partial charge is 0.416 e. The molecule has 34 heavy (non-hydrogen) atoms. The van der Waals surface area contributed by atoms with E-state index in [0.29, 0.717) is 25.2 Å². The number of halogens is 3. The van der Waals surface area contributed by atoms with Crippen molar-refractivity contribution < 1.29 is 22.7 Å². The van der Waals surface area contributed by atoms with Crippen LogP contribution >= 0.6 is 0 Å². The monoisotopic (exact) mass is 476 g/mol. The van der Waals surface area contributed by atoms with E-state index in [1.165, 1.54) is 12.1 Å². The Labute approximate surface area is 198 Å². The summed E-state index contributed by atoms with van der Waals surface area (Å²) in [6.45, 7) is 9.86. The molecule has 4 rings (SSSR count). The zero-order valence-electron chi connectivity index (χ0n) is 19.6. The number of nitrogens with zero attached hydrogens (tertiary/aromatic N) is 3. The molecule has 0 bridgehead atoms. The number of morpholine rings is 1. The van der Waals surface area contributed by atoms with Crippen LogP contribution in [0.4, 0.5) is 13.2 Å². The molecular weight excluding hydrogens is 445 g/mol. The summed E-state index contributed by atoms with van der Waals surface area (Å²) in [5.74, 6) is 0.113. The van der Waals surface area contributed by atoms with Crippen LogP contribution < -0.4 is 5.32 Å². The molecule has 1 fully saturated rings. The first-order valence-electron chi connectivity index (χ1n) is 11.7. The second kappa shape index (κ2) is 10.4. The maximum absolute atomic E-state index is 12.9. The van der Waals surface area contributed by atoms with E-state index in [-0.39, 0.29) is 17.9 Å².